The predicted molar refractivity (Wildman–Crippen MR) is 75.2 cm³/mol. The van der Waals surface area contributed by atoms with Gasteiger partial charge in [-0.1, -0.05) is 11.6 Å². The SMILES string of the molecule is CC1=[C]C2=C(F)C(O)=CCC2N1C(=O)c1ccc(Cl)s1. The number of rotatable bonds is 1. The van der Waals surface area contributed by atoms with Crippen molar-refractivity contribution in [1.82, 2.24) is 4.90 Å². The molecule has 0 saturated heterocycles. The van der Waals surface area contributed by atoms with Crippen molar-refractivity contribution in [2.24, 2.45) is 0 Å². The molecule has 1 aliphatic heterocycles. The summed E-state index contributed by atoms with van der Waals surface area (Å²) in [5.74, 6) is -1.32. The van der Waals surface area contributed by atoms with Crippen LogP contribution in [0.5, 0.6) is 0 Å². The van der Waals surface area contributed by atoms with Crippen molar-refractivity contribution in [3.8, 4) is 0 Å². The van der Waals surface area contributed by atoms with Crippen molar-refractivity contribution >= 4 is 28.8 Å². The molecule has 1 atom stereocenters. The minimum Gasteiger partial charge on any atom is -0.505 e. The highest BCUT2D eigenvalue weighted by Crippen LogP contribution is 2.38. The van der Waals surface area contributed by atoms with E-state index < -0.39 is 11.9 Å². The van der Waals surface area contributed by atoms with E-state index in [-0.39, 0.29) is 17.2 Å². The van der Waals surface area contributed by atoms with Gasteiger partial charge in [0.1, 0.15) is 5.76 Å². The van der Waals surface area contributed by atoms with Crippen LogP contribution in [-0.4, -0.2) is 22.0 Å². The standard InChI is InChI=1S/C14H10ClFNO2S/c1-7-6-8-9(2-3-10(18)13(8)16)17(7)14(19)11-4-5-12(15)20-11/h3-5,9,18H,2H2,1H3. The molecule has 6 heteroatoms. The molecule has 1 aromatic rings. The summed E-state index contributed by atoms with van der Waals surface area (Å²) in [5, 5.41) is 9.42. The summed E-state index contributed by atoms with van der Waals surface area (Å²) in [6.45, 7) is 1.70. The van der Waals surface area contributed by atoms with Crippen molar-refractivity contribution in [2.45, 2.75) is 19.4 Å². The van der Waals surface area contributed by atoms with Gasteiger partial charge in [0.2, 0.25) is 0 Å². The van der Waals surface area contributed by atoms with E-state index in [1.54, 1.807) is 19.1 Å². The summed E-state index contributed by atoms with van der Waals surface area (Å²) in [6, 6.07) is 2.86. The smallest absolute Gasteiger partial charge is 0.268 e. The number of allylic oxidation sites excluding steroid dienone is 2. The van der Waals surface area contributed by atoms with Crippen molar-refractivity contribution in [3.63, 3.8) is 0 Å². The molecule has 0 saturated carbocycles. The lowest BCUT2D eigenvalue weighted by Gasteiger charge is -2.27. The third kappa shape index (κ3) is 1.98. The second-order valence-electron chi connectivity index (χ2n) is 4.56. The number of fused-ring (bicyclic) bond motifs is 1. The fraction of sp³-hybridized carbons (Fsp3) is 0.214. The number of aliphatic hydroxyl groups excluding tert-OH is 1. The van der Waals surface area contributed by atoms with E-state index in [1.807, 2.05) is 0 Å². The molecule has 1 aliphatic carbocycles. The fourth-order valence-corrected chi connectivity index (χ4v) is 3.40. The van der Waals surface area contributed by atoms with Crippen LogP contribution in [0.4, 0.5) is 4.39 Å². The van der Waals surface area contributed by atoms with Gasteiger partial charge in [-0.15, -0.1) is 11.3 Å². The highest BCUT2D eigenvalue weighted by molar-refractivity contribution is 7.18. The molecule has 1 N–H and O–H groups in total. The highest BCUT2D eigenvalue weighted by Gasteiger charge is 2.38. The molecule has 0 fully saturated rings. The third-order valence-electron chi connectivity index (χ3n) is 3.32. The number of hydrogen-bond donors (Lipinski definition) is 1. The van der Waals surface area contributed by atoms with Crippen LogP contribution in [0.1, 0.15) is 23.0 Å². The van der Waals surface area contributed by atoms with Gasteiger partial charge in [0.05, 0.1) is 15.3 Å². The minimum absolute atomic E-state index is 0.227. The predicted octanol–water partition coefficient (Wildman–Crippen LogP) is 4.00. The Labute approximate surface area is 124 Å². The Balaban J connectivity index is 1.97. The van der Waals surface area contributed by atoms with Crippen molar-refractivity contribution in [1.29, 1.82) is 0 Å². The molecule has 1 aromatic heterocycles. The van der Waals surface area contributed by atoms with Crippen LogP contribution in [0.25, 0.3) is 0 Å². The van der Waals surface area contributed by atoms with Gasteiger partial charge in [-0.3, -0.25) is 4.79 Å². The Hall–Kier alpha value is -1.59. The highest BCUT2D eigenvalue weighted by atomic mass is 35.5. The van der Waals surface area contributed by atoms with E-state index >= 15 is 0 Å². The molecule has 1 unspecified atom stereocenters. The van der Waals surface area contributed by atoms with Gasteiger partial charge in [0.15, 0.2) is 5.83 Å². The van der Waals surface area contributed by atoms with Crippen LogP contribution in [0.15, 0.2) is 41.1 Å². The molecule has 1 amide bonds. The quantitative estimate of drug-likeness (QED) is 0.851. The second-order valence-corrected chi connectivity index (χ2v) is 6.27. The van der Waals surface area contributed by atoms with Crippen LogP contribution in [0, 0.1) is 6.08 Å². The number of nitrogens with zero attached hydrogens (tertiary/aromatic N) is 1. The van der Waals surface area contributed by atoms with E-state index in [4.69, 9.17) is 11.6 Å². The average Bonchev–Trinajstić information content (AvgIpc) is 2.97. The van der Waals surface area contributed by atoms with E-state index in [0.717, 1.165) is 0 Å². The first-order valence-electron chi connectivity index (χ1n) is 5.97. The van der Waals surface area contributed by atoms with Gasteiger partial charge in [-0.25, -0.2) is 4.39 Å². The van der Waals surface area contributed by atoms with Crippen LogP contribution in [0.3, 0.4) is 0 Å². The summed E-state index contributed by atoms with van der Waals surface area (Å²) < 4.78 is 14.4. The molecule has 0 bridgehead atoms. The zero-order valence-electron chi connectivity index (χ0n) is 10.5. The summed E-state index contributed by atoms with van der Waals surface area (Å²) in [7, 11) is 0. The first-order valence-corrected chi connectivity index (χ1v) is 7.17. The average molecular weight is 311 g/mol. The molecule has 0 spiro atoms. The van der Waals surface area contributed by atoms with Crippen molar-refractivity contribution in [2.75, 3.05) is 0 Å². The number of carbonyl (C=O) groups excluding carboxylic acids is 1. The van der Waals surface area contributed by atoms with Gasteiger partial charge in [-0.05, 0) is 31.6 Å². The number of thiophene rings is 1. The maximum Gasteiger partial charge on any atom is 0.268 e. The number of amides is 1. The van der Waals surface area contributed by atoms with Gasteiger partial charge >= 0.3 is 0 Å². The van der Waals surface area contributed by atoms with E-state index in [0.29, 0.717) is 21.3 Å². The largest absolute Gasteiger partial charge is 0.505 e. The monoisotopic (exact) mass is 310 g/mol. The lowest BCUT2D eigenvalue weighted by Crippen LogP contribution is -2.36. The van der Waals surface area contributed by atoms with E-state index in [2.05, 4.69) is 6.08 Å². The van der Waals surface area contributed by atoms with Crippen LogP contribution in [0.2, 0.25) is 4.34 Å². The summed E-state index contributed by atoms with van der Waals surface area (Å²) in [6.07, 6.45) is 4.59. The zero-order valence-corrected chi connectivity index (χ0v) is 12.1. The first-order chi connectivity index (χ1) is 9.49. The second kappa shape index (κ2) is 4.75. The number of hydrogen-bond acceptors (Lipinski definition) is 3. The number of halogens is 2. The van der Waals surface area contributed by atoms with Gasteiger partial charge in [0.25, 0.3) is 5.91 Å². The molecule has 3 nitrogen and oxygen atoms in total. The van der Waals surface area contributed by atoms with Gasteiger partial charge in [-0.2, -0.15) is 0 Å². The Morgan fingerprint density at radius 1 is 1.60 bits per heavy atom. The Bertz CT molecular complexity index is 689. The summed E-state index contributed by atoms with van der Waals surface area (Å²) in [4.78, 5) is 14.5. The summed E-state index contributed by atoms with van der Waals surface area (Å²) >= 11 is 7.02. The summed E-state index contributed by atoms with van der Waals surface area (Å²) in [5.41, 5.74) is 0.774. The minimum atomic E-state index is -0.708. The lowest BCUT2D eigenvalue weighted by molar-refractivity contribution is 0.0784. The molecular weight excluding hydrogens is 301 g/mol. The van der Waals surface area contributed by atoms with Crippen LogP contribution < -0.4 is 0 Å². The van der Waals surface area contributed by atoms with Gasteiger partial charge < -0.3 is 10.0 Å². The molecule has 2 heterocycles. The topological polar surface area (TPSA) is 40.5 Å². The van der Waals surface area contributed by atoms with E-state index in [9.17, 15) is 14.3 Å². The molecule has 20 heavy (non-hydrogen) atoms. The molecular formula is C14H10ClFNO2S. The van der Waals surface area contributed by atoms with Crippen LogP contribution >= 0.6 is 22.9 Å². The molecule has 0 aromatic carbocycles. The fourth-order valence-electron chi connectivity index (χ4n) is 2.42. The number of aliphatic hydroxyl groups is 1. The molecule has 3 rings (SSSR count). The lowest BCUT2D eigenvalue weighted by atomic mass is 9.98. The van der Waals surface area contributed by atoms with Crippen molar-refractivity contribution < 1.29 is 14.3 Å². The van der Waals surface area contributed by atoms with Crippen molar-refractivity contribution in [3.05, 3.63) is 56.4 Å². The zero-order chi connectivity index (χ0) is 14.4. The van der Waals surface area contributed by atoms with E-state index in [1.165, 1.54) is 22.3 Å². The maximum absolute atomic E-state index is 13.9. The van der Waals surface area contributed by atoms with Gasteiger partial charge in [0, 0.05) is 17.3 Å². The normalized spacial score (nSPS) is 21.8. The Kier molecular flexibility index (Phi) is 3.18. The Morgan fingerprint density at radius 2 is 2.35 bits per heavy atom. The van der Waals surface area contributed by atoms with Crippen LogP contribution in [-0.2, 0) is 0 Å². The number of carbonyl (C=O) groups is 1. The third-order valence-corrected chi connectivity index (χ3v) is 4.54. The molecule has 1 radical (unpaired) electrons. The molecule has 103 valence electrons. The maximum atomic E-state index is 13.9. The first kappa shape index (κ1) is 13.4. The molecule has 2 aliphatic rings. The Morgan fingerprint density at radius 3 is 3.00 bits per heavy atom.